The van der Waals surface area contributed by atoms with Crippen molar-refractivity contribution in [3.8, 4) is 22.6 Å². The average molecular weight is 431 g/mol. The molecule has 1 heterocycles. The molecule has 1 fully saturated rings. The fraction of sp³-hybridized carbons (Fsp3) is 0.231. The van der Waals surface area contributed by atoms with Crippen molar-refractivity contribution in [1.82, 2.24) is 9.80 Å². The van der Waals surface area contributed by atoms with E-state index in [0.29, 0.717) is 43.1 Å². The molecule has 3 aromatic carbocycles. The Kier molecular flexibility index (Phi) is 6.40. The maximum absolute atomic E-state index is 13.1. The molecule has 1 aliphatic rings. The molecule has 0 atom stereocenters. The van der Waals surface area contributed by atoms with Gasteiger partial charge in [0.25, 0.3) is 11.8 Å². The first kappa shape index (κ1) is 21.4. The van der Waals surface area contributed by atoms with Gasteiger partial charge in [0.05, 0.1) is 14.2 Å². The molecular weight excluding hydrogens is 404 g/mol. The number of carbonyl (C=O) groups excluding carboxylic acids is 2. The molecule has 0 aromatic heterocycles. The summed E-state index contributed by atoms with van der Waals surface area (Å²) in [6.45, 7) is 1.98. The number of para-hydroxylation sites is 1. The normalized spacial score (nSPS) is 13.6. The molecule has 0 radical (unpaired) electrons. The minimum absolute atomic E-state index is 0.0322. The van der Waals surface area contributed by atoms with Crippen molar-refractivity contribution < 1.29 is 19.1 Å². The van der Waals surface area contributed by atoms with Gasteiger partial charge in [-0.3, -0.25) is 9.59 Å². The third-order valence-electron chi connectivity index (χ3n) is 5.70. The lowest BCUT2D eigenvalue weighted by Gasteiger charge is -2.35. The van der Waals surface area contributed by atoms with Crippen LogP contribution in [-0.4, -0.2) is 62.0 Å². The van der Waals surface area contributed by atoms with E-state index in [9.17, 15) is 9.59 Å². The van der Waals surface area contributed by atoms with Crippen molar-refractivity contribution in [2.45, 2.75) is 0 Å². The number of nitrogens with zero attached hydrogens (tertiary/aromatic N) is 2. The van der Waals surface area contributed by atoms with E-state index in [0.717, 1.165) is 16.9 Å². The predicted octanol–water partition coefficient (Wildman–Crippen LogP) is 3.97. The Morgan fingerprint density at radius 1 is 0.688 bits per heavy atom. The molecular formula is C26H26N2O4. The summed E-state index contributed by atoms with van der Waals surface area (Å²) in [5.41, 5.74) is 3.09. The lowest BCUT2D eigenvalue weighted by atomic mass is 10.0. The predicted molar refractivity (Wildman–Crippen MR) is 123 cm³/mol. The maximum atomic E-state index is 13.1. The van der Waals surface area contributed by atoms with Gasteiger partial charge in [0.15, 0.2) is 0 Å². The zero-order valence-electron chi connectivity index (χ0n) is 18.3. The Hall–Kier alpha value is -3.80. The average Bonchev–Trinajstić information content (AvgIpc) is 2.88. The van der Waals surface area contributed by atoms with E-state index in [1.165, 1.54) is 0 Å². The van der Waals surface area contributed by atoms with Gasteiger partial charge in [0.1, 0.15) is 11.5 Å². The highest BCUT2D eigenvalue weighted by Crippen LogP contribution is 2.30. The molecule has 0 spiro atoms. The van der Waals surface area contributed by atoms with Gasteiger partial charge in [-0.2, -0.15) is 0 Å². The summed E-state index contributed by atoms with van der Waals surface area (Å²) < 4.78 is 10.7. The van der Waals surface area contributed by atoms with Gasteiger partial charge in [-0.05, 0) is 42.0 Å². The van der Waals surface area contributed by atoms with Crippen LogP contribution in [0.4, 0.5) is 0 Å². The number of methoxy groups -OCH3 is 2. The highest BCUT2D eigenvalue weighted by molar-refractivity contribution is 5.97. The topological polar surface area (TPSA) is 59.1 Å². The Morgan fingerprint density at radius 3 is 1.91 bits per heavy atom. The number of piperazine rings is 1. The summed E-state index contributed by atoms with van der Waals surface area (Å²) >= 11 is 0. The van der Waals surface area contributed by atoms with Gasteiger partial charge in [0, 0.05) is 42.9 Å². The number of hydrogen-bond acceptors (Lipinski definition) is 4. The zero-order valence-corrected chi connectivity index (χ0v) is 18.3. The summed E-state index contributed by atoms with van der Waals surface area (Å²) in [6.07, 6.45) is 0. The van der Waals surface area contributed by atoms with Crippen LogP contribution in [0.2, 0.25) is 0 Å². The summed E-state index contributed by atoms with van der Waals surface area (Å²) in [5.74, 6) is 1.34. The molecule has 0 saturated carbocycles. The standard InChI is InChI=1S/C26H26N2O4/c1-31-22-10-6-9-21(18-22)26(30)28-15-13-27(14-16-28)25(29)20-8-5-7-19(17-20)23-11-3-4-12-24(23)32-2/h3-12,17-18H,13-16H2,1-2H3. The molecule has 164 valence electrons. The van der Waals surface area contributed by atoms with Crippen LogP contribution in [0.25, 0.3) is 11.1 Å². The monoisotopic (exact) mass is 430 g/mol. The van der Waals surface area contributed by atoms with Gasteiger partial charge in [-0.1, -0.05) is 36.4 Å². The second-order valence-electron chi connectivity index (χ2n) is 7.60. The van der Waals surface area contributed by atoms with Crippen LogP contribution in [0.3, 0.4) is 0 Å². The molecule has 0 aliphatic carbocycles. The summed E-state index contributed by atoms with van der Waals surface area (Å²) in [5, 5.41) is 0. The molecule has 32 heavy (non-hydrogen) atoms. The highest BCUT2D eigenvalue weighted by Gasteiger charge is 2.26. The third-order valence-corrected chi connectivity index (χ3v) is 5.70. The van der Waals surface area contributed by atoms with Gasteiger partial charge >= 0.3 is 0 Å². The van der Waals surface area contributed by atoms with E-state index in [1.54, 1.807) is 42.2 Å². The molecule has 6 heteroatoms. The van der Waals surface area contributed by atoms with E-state index < -0.39 is 0 Å². The SMILES string of the molecule is COc1cccc(C(=O)N2CCN(C(=O)c3cccc(-c4ccccc4OC)c3)CC2)c1. The van der Waals surface area contributed by atoms with Crippen molar-refractivity contribution in [2.24, 2.45) is 0 Å². The van der Waals surface area contributed by atoms with Crippen molar-refractivity contribution in [3.63, 3.8) is 0 Å². The summed E-state index contributed by atoms with van der Waals surface area (Å²) in [6, 6.07) is 22.5. The lowest BCUT2D eigenvalue weighted by molar-refractivity contribution is 0.0535. The molecule has 0 N–H and O–H groups in total. The molecule has 1 saturated heterocycles. The minimum Gasteiger partial charge on any atom is -0.497 e. The fourth-order valence-electron chi connectivity index (χ4n) is 3.94. The Bertz CT molecular complexity index is 1120. The van der Waals surface area contributed by atoms with Crippen LogP contribution in [0, 0.1) is 0 Å². The first-order chi connectivity index (χ1) is 15.6. The number of ether oxygens (including phenoxy) is 2. The van der Waals surface area contributed by atoms with Gasteiger partial charge in [-0.25, -0.2) is 0 Å². The Labute approximate surface area is 188 Å². The molecule has 4 rings (SSSR count). The maximum Gasteiger partial charge on any atom is 0.254 e. The van der Waals surface area contributed by atoms with Crippen molar-refractivity contribution in [1.29, 1.82) is 0 Å². The summed E-state index contributed by atoms with van der Waals surface area (Å²) in [7, 11) is 3.22. The molecule has 1 aliphatic heterocycles. The molecule has 6 nitrogen and oxygen atoms in total. The van der Waals surface area contributed by atoms with E-state index in [-0.39, 0.29) is 11.8 Å². The van der Waals surface area contributed by atoms with Gasteiger partial charge < -0.3 is 19.3 Å². The van der Waals surface area contributed by atoms with Crippen molar-refractivity contribution in [2.75, 3.05) is 40.4 Å². The van der Waals surface area contributed by atoms with Crippen LogP contribution < -0.4 is 9.47 Å². The van der Waals surface area contributed by atoms with Crippen molar-refractivity contribution >= 4 is 11.8 Å². The van der Waals surface area contributed by atoms with Crippen LogP contribution in [0.5, 0.6) is 11.5 Å². The molecule has 3 aromatic rings. The largest absolute Gasteiger partial charge is 0.497 e. The zero-order chi connectivity index (χ0) is 22.5. The Balaban J connectivity index is 1.44. The van der Waals surface area contributed by atoms with E-state index in [4.69, 9.17) is 9.47 Å². The van der Waals surface area contributed by atoms with Crippen LogP contribution >= 0.6 is 0 Å². The smallest absolute Gasteiger partial charge is 0.254 e. The number of amides is 2. The molecule has 2 amide bonds. The van der Waals surface area contributed by atoms with Crippen LogP contribution in [0.15, 0.2) is 72.8 Å². The number of carbonyl (C=O) groups is 2. The first-order valence-corrected chi connectivity index (χ1v) is 10.6. The van der Waals surface area contributed by atoms with E-state index >= 15 is 0 Å². The second-order valence-corrected chi connectivity index (χ2v) is 7.60. The minimum atomic E-state index is -0.0471. The first-order valence-electron chi connectivity index (χ1n) is 10.6. The van der Waals surface area contributed by atoms with Crippen molar-refractivity contribution in [3.05, 3.63) is 83.9 Å². The van der Waals surface area contributed by atoms with E-state index in [1.807, 2.05) is 54.6 Å². The van der Waals surface area contributed by atoms with Gasteiger partial charge in [-0.15, -0.1) is 0 Å². The van der Waals surface area contributed by atoms with Crippen LogP contribution in [0.1, 0.15) is 20.7 Å². The van der Waals surface area contributed by atoms with Crippen LogP contribution in [-0.2, 0) is 0 Å². The number of rotatable bonds is 5. The summed E-state index contributed by atoms with van der Waals surface area (Å²) in [4.78, 5) is 29.6. The molecule has 0 unspecified atom stereocenters. The molecule has 0 bridgehead atoms. The van der Waals surface area contributed by atoms with E-state index in [2.05, 4.69) is 0 Å². The quantitative estimate of drug-likeness (QED) is 0.615. The number of hydrogen-bond donors (Lipinski definition) is 0. The second kappa shape index (κ2) is 9.56. The number of benzene rings is 3. The lowest BCUT2D eigenvalue weighted by Crippen LogP contribution is -2.50. The van der Waals surface area contributed by atoms with Gasteiger partial charge in [0.2, 0.25) is 0 Å². The third kappa shape index (κ3) is 4.44. The highest BCUT2D eigenvalue weighted by atomic mass is 16.5. The Morgan fingerprint density at radius 2 is 1.28 bits per heavy atom. The fourth-order valence-corrected chi connectivity index (χ4v) is 3.94.